The Balaban J connectivity index is 1.55. The number of nitrogens with zero attached hydrogens (tertiary/aromatic N) is 1. The minimum Gasteiger partial charge on any atom is -0.444 e. The van der Waals surface area contributed by atoms with Crippen LogP contribution in [0.4, 0.5) is 4.79 Å². The second kappa shape index (κ2) is 12.5. The minimum atomic E-state index is -0.887. The van der Waals surface area contributed by atoms with Gasteiger partial charge in [-0.3, -0.25) is 14.4 Å². The summed E-state index contributed by atoms with van der Waals surface area (Å²) >= 11 is 0. The molecule has 4 rings (SSSR count). The molecule has 1 saturated heterocycles. The van der Waals surface area contributed by atoms with Gasteiger partial charge in [0.25, 0.3) is 5.91 Å². The van der Waals surface area contributed by atoms with E-state index in [1.54, 1.807) is 0 Å². The van der Waals surface area contributed by atoms with Crippen LogP contribution in [0, 0.1) is 35.0 Å². The van der Waals surface area contributed by atoms with Crippen molar-refractivity contribution in [2.75, 3.05) is 6.54 Å². The third-order valence-corrected chi connectivity index (χ3v) is 10.4. The van der Waals surface area contributed by atoms with Gasteiger partial charge in [-0.15, -0.1) is 0 Å². The first-order valence-corrected chi connectivity index (χ1v) is 16.0. The van der Waals surface area contributed by atoms with Crippen molar-refractivity contribution in [3.63, 3.8) is 0 Å². The topological polar surface area (TPSA) is 119 Å². The van der Waals surface area contributed by atoms with Crippen molar-refractivity contribution < 1.29 is 23.9 Å². The molecule has 3 saturated carbocycles. The second-order valence-electron chi connectivity index (χ2n) is 14.9. The van der Waals surface area contributed by atoms with E-state index in [2.05, 4.69) is 25.7 Å². The highest BCUT2D eigenvalue weighted by atomic mass is 16.6. The largest absolute Gasteiger partial charge is 0.444 e. The Kier molecular flexibility index (Phi) is 9.59. The summed E-state index contributed by atoms with van der Waals surface area (Å²) in [5.74, 6) is -0.954. The minimum absolute atomic E-state index is 0.0538. The molecule has 8 nitrogen and oxygen atoms in total. The monoisotopic (exact) mass is 571 g/mol. The zero-order chi connectivity index (χ0) is 30.1. The molecule has 230 valence electrons. The Morgan fingerprint density at radius 1 is 1.00 bits per heavy atom. The summed E-state index contributed by atoms with van der Waals surface area (Å²) in [5.41, 5.74) is 5.73. The van der Waals surface area contributed by atoms with Crippen molar-refractivity contribution >= 4 is 23.7 Å². The lowest BCUT2D eigenvalue weighted by Gasteiger charge is -2.38. The van der Waals surface area contributed by atoms with Crippen LogP contribution in [0.2, 0.25) is 0 Å². The van der Waals surface area contributed by atoms with Crippen LogP contribution in [0.15, 0.2) is 12.2 Å². The Bertz CT molecular complexity index is 1020. The summed E-state index contributed by atoms with van der Waals surface area (Å²) in [6, 6.07) is -0.894. The molecule has 0 aromatic rings. The number of likely N-dealkylation sites (tertiary alicyclic amines) is 1. The number of hydrogen-bond donors (Lipinski definition) is 2. The molecule has 1 heterocycles. The summed E-state index contributed by atoms with van der Waals surface area (Å²) in [6.07, 6.45) is 11.1. The third kappa shape index (κ3) is 7.34. The zero-order valence-corrected chi connectivity index (χ0v) is 26.0. The molecule has 1 aliphatic heterocycles. The second-order valence-corrected chi connectivity index (χ2v) is 14.9. The van der Waals surface area contributed by atoms with Gasteiger partial charge in [-0.25, -0.2) is 4.79 Å². The number of rotatable bonds is 10. The maximum absolute atomic E-state index is 14.4. The number of alkyl carbamates (subject to hydrolysis) is 1. The van der Waals surface area contributed by atoms with Crippen LogP contribution in [0.3, 0.4) is 0 Å². The molecule has 3 amide bonds. The zero-order valence-electron chi connectivity index (χ0n) is 26.0. The first kappa shape index (κ1) is 31.6. The number of fused-ring (bicyclic) bond motifs is 1. The molecule has 5 atom stereocenters. The first-order valence-electron chi connectivity index (χ1n) is 16.0. The predicted octanol–water partition coefficient (Wildman–Crippen LogP) is 5.53. The van der Waals surface area contributed by atoms with Crippen LogP contribution in [-0.2, 0) is 19.1 Å². The van der Waals surface area contributed by atoms with Gasteiger partial charge in [0.2, 0.25) is 11.7 Å². The summed E-state index contributed by atoms with van der Waals surface area (Å²) in [4.78, 5) is 54.2. The van der Waals surface area contributed by atoms with E-state index in [0.29, 0.717) is 31.2 Å². The summed E-state index contributed by atoms with van der Waals surface area (Å²) in [7, 11) is 0. The highest BCUT2D eigenvalue weighted by Crippen LogP contribution is 2.66. The molecule has 0 aromatic heterocycles. The summed E-state index contributed by atoms with van der Waals surface area (Å²) in [6.45, 7) is 15.0. The van der Waals surface area contributed by atoms with Gasteiger partial charge in [0.1, 0.15) is 11.6 Å². The van der Waals surface area contributed by atoms with E-state index in [1.807, 2.05) is 25.7 Å². The SMILES string of the molecule is C=C(CC(CC1CCCCC1)C(=O)C(N)=O)[C@@H]1C2C(CN1C(=O)C(NC(=O)OC(C)(C)C)C1CCCCC1)C2(C)C. The van der Waals surface area contributed by atoms with Gasteiger partial charge >= 0.3 is 6.09 Å². The van der Waals surface area contributed by atoms with Crippen molar-refractivity contribution in [2.45, 2.75) is 129 Å². The number of piperidine rings is 1. The van der Waals surface area contributed by atoms with E-state index in [9.17, 15) is 19.2 Å². The van der Waals surface area contributed by atoms with Crippen LogP contribution in [0.1, 0.15) is 112 Å². The smallest absolute Gasteiger partial charge is 0.408 e. The third-order valence-electron chi connectivity index (χ3n) is 10.4. The van der Waals surface area contributed by atoms with E-state index in [4.69, 9.17) is 10.5 Å². The van der Waals surface area contributed by atoms with Gasteiger partial charge in [0.15, 0.2) is 0 Å². The van der Waals surface area contributed by atoms with Crippen molar-refractivity contribution in [3.05, 3.63) is 12.2 Å². The first-order chi connectivity index (χ1) is 19.2. The summed E-state index contributed by atoms with van der Waals surface area (Å²) < 4.78 is 5.56. The Hall–Kier alpha value is -2.38. The van der Waals surface area contributed by atoms with E-state index < -0.39 is 35.3 Å². The van der Waals surface area contributed by atoms with Crippen LogP contribution in [0.25, 0.3) is 0 Å². The Morgan fingerprint density at radius 3 is 2.15 bits per heavy atom. The molecule has 4 unspecified atom stereocenters. The van der Waals surface area contributed by atoms with Crippen molar-refractivity contribution in [2.24, 2.45) is 40.7 Å². The molecule has 4 fully saturated rings. The van der Waals surface area contributed by atoms with Gasteiger partial charge in [0.05, 0.1) is 6.04 Å². The normalized spacial score (nSPS) is 27.8. The average molecular weight is 572 g/mol. The Labute approximate surface area is 246 Å². The molecule has 0 spiro atoms. The number of Topliss-reactive ketones (excluding diaryl/α,β-unsaturated/α-hetero) is 1. The number of carbonyl (C=O) groups is 4. The van der Waals surface area contributed by atoms with Gasteiger partial charge in [-0.05, 0) is 75.5 Å². The molecule has 0 bridgehead atoms. The van der Waals surface area contributed by atoms with E-state index in [-0.39, 0.29) is 29.2 Å². The number of ketones is 1. The lowest BCUT2D eigenvalue weighted by atomic mass is 9.78. The van der Waals surface area contributed by atoms with Gasteiger partial charge in [-0.2, -0.15) is 0 Å². The highest BCUT2D eigenvalue weighted by Gasteiger charge is 2.68. The molecule has 0 aromatic carbocycles. The molecule has 4 aliphatic rings. The van der Waals surface area contributed by atoms with Gasteiger partial charge in [-0.1, -0.05) is 77.4 Å². The van der Waals surface area contributed by atoms with Crippen molar-refractivity contribution in [1.82, 2.24) is 10.2 Å². The maximum atomic E-state index is 14.4. The predicted molar refractivity (Wildman–Crippen MR) is 159 cm³/mol. The molecular weight excluding hydrogens is 518 g/mol. The van der Waals surface area contributed by atoms with Crippen LogP contribution in [0.5, 0.6) is 0 Å². The average Bonchev–Trinajstić information content (AvgIpc) is 3.22. The van der Waals surface area contributed by atoms with E-state index >= 15 is 0 Å². The number of primary amides is 1. The molecule has 0 radical (unpaired) electrons. The van der Waals surface area contributed by atoms with E-state index in [0.717, 1.165) is 63.4 Å². The van der Waals surface area contributed by atoms with Crippen molar-refractivity contribution in [3.8, 4) is 0 Å². The number of amides is 3. The lowest BCUT2D eigenvalue weighted by Crippen LogP contribution is -2.56. The lowest BCUT2D eigenvalue weighted by molar-refractivity contribution is -0.139. The fraction of sp³-hybridized carbons (Fsp3) is 0.818. The molecule has 8 heteroatoms. The number of nitrogens with one attached hydrogen (secondary N) is 1. The molecular formula is C33H53N3O5. The van der Waals surface area contributed by atoms with Gasteiger partial charge < -0.3 is 20.7 Å². The van der Waals surface area contributed by atoms with Crippen LogP contribution < -0.4 is 11.1 Å². The molecule has 41 heavy (non-hydrogen) atoms. The van der Waals surface area contributed by atoms with Crippen LogP contribution >= 0.6 is 0 Å². The highest BCUT2D eigenvalue weighted by molar-refractivity contribution is 6.36. The fourth-order valence-electron chi connectivity index (χ4n) is 8.19. The van der Waals surface area contributed by atoms with Crippen molar-refractivity contribution in [1.29, 1.82) is 0 Å². The van der Waals surface area contributed by atoms with Gasteiger partial charge in [0, 0.05) is 12.5 Å². The number of hydrogen-bond acceptors (Lipinski definition) is 5. The number of ether oxygens (including phenoxy) is 1. The number of carbonyl (C=O) groups excluding carboxylic acids is 4. The maximum Gasteiger partial charge on any atom is 0.408 e. The molecule has 3 N–H and O–H groups in total. The van der Waals surface area contributed by atoms with E-state index in [1.165, 1.54) is 6.42 Å². The van der Waals surface area contributed by atoms with Crippen LogP contribution in [-0.4, -0.2) is 52.8 Å². The Morgan fingerprint density at radius 2 is 1.59 bits per heavy atom. The number of nitrogens with two attached hydrogens (primary N) is 1. The summed E-state index contributed by atoms with van der Waals surface area (Å²) in [5, 5.41) is 2.96. The molecule has 3 aliphatic carbocycles. The quantitative estimate of drug-likeness (QED) is 0.264. The fourth-order valence-corrected chi connectivity index (χ4v) is 8.19. The standard InChI is InChI=1S/C33H53N3O5/c1-20(17-23(28(37)29(34)38)18-21-13-9-7-10-14-21)27-25-24(33(25,5)6)19-36(27)30(39)26(22-15-11-8-12-16-22)35-31(40)41-32(2,3)4/h21-27H,1,7-19H2,2-6H3,(H2,34,38)(H,35,40)/t23?,24?,25?,26?,27-/m1/s1.